The molecule has 1 aliphatic carbocycles. The molecule has 1 unspecified atom stereocenters. The molecule has 1 saturated carbocycles. The van der Waals surface area contributed by atoms with Gasteiger partial charge in [0.2, 0.25) is 0 Å². The van der Waals surface area contributed by atoms with Crippen LogP contribution in [0, 0.1) is 5.92 Å². The Morgan fingerprint density at radius 1 is 1.10 bits per heavy atom. The third-order valence-corrected chi connectivity index (χ3v) is 5.64. The Labute approximate surface area is 124 Å². The largest absolute Gasteiger partial charge is 0.399 e. The number of piperidine rings is 3. The van der Waals surface area contributed by atoms with Crippen molar-refractivity contribution in [3.8, 4) is 0 Å². The molecule has 1 atom stereocenters. The molecule has 6 rings (SSSR count). The van der Waals surface area contributed by atoms with Crippen LogP contribution in [0.15, 0.2) is 18.2 Å². The van der Waals surface area contributed by atoms with Gasteiger partial charge in [0, 0.05) is 18.2 Å². The second-order valence-corrected chi connectivity index (χ2v) is 7.07. The van der Waals surface area contributed by atoms with Crippen molar-refractivity contribution in [2.24, 2.45) is 5.92 Å². The number of hydrogen-bond donors (Lipinski definition) is 1. The lowest BCUT2D eigenvalue weighted by Gasteiger charge is -2.45. The van der Waals surface area contributed by atoms with E-state index in [1.54, 1.807) is 0 Å². The van der Waals surface area contributed by atoms with E-state index >= 15 is 0 Å². The summed E-state index contributed by atoms with van der Waals surface area (Å²) in [6.07, 6.45) is 5.31. The van der Waals surface area contributed by atoms with Crippen LogP contribution in [0.25, 0.3) is 11.0 Å². The molecule has 4 heterocycles. The quantitative estimate of drug-likeness (QED) is 0.862. The summed E-state index contributed by atoms with van der Waals surface area (Å²) in [5.74, 6) is 2.85. The van der Waals surface area contributed by atoms with Crippen LogP contribution in [-0.4, -0.2) is 34.1 Å². The molecule has 2 aromatic rings. The van der Waals surface area contributed by atoms with Crippen molar-refractivity contribution in [1.82, 2.24) is 14.5 Å². The highest BCUT2D eigenvalue weighted by Crippen LogP contribution is 2.45. The van der Waals surface area contributed by atoms with Crippen molar-refractivity contribution >= 4 is 16.7 Å². The third-order valence-electron chi connectivity index (χ3n) is 5.64. The summed E-state index contributed by atoms with van der Waals surface area (Å²) in [6.45, 7) is 3.79. The molecule has 0 spiro atoms. The Balaban J connectivity index is 1.68. The van der Waals surface area contributed by atoms with Crippen molar-refractivity contribution in [3.05, 3.63) is 24.0 Å². The van der Waals surface area contributed by atoms with E-state index in [1.165, 1.54) is 56.7 Å². The standard InChI is InChI=1S/C17H22N4/c18-13-3-4-15-14(9-13)19-17(12-1-2-12)21(15)16-10-20-7-5-11(16)6-8-20/h3-4,9,11-12,16H,1-2,5-8,10,18H2. The first-order valence-corrected chi connectivity index (χ1v) is 8.29. The molecule has 1 aromatic carbocycles. The molecule has 4 fully saturated rings. The van der Waals surface area contributed by atoms with E-state index < -0.39 is 0 Å². The molecule has 0 amide bonds. The number of nitrogen functional groups attached to an aromatic ring is 1. The minimum Gasteiger partial charge on any atom is -0.399 e. The lowest BCUT2D eigenvalue weighted by Crippen LogP contribution is -2.48. The maximum atomic E-state index is 5.96. The topological polar surface area (TPSA) is 47.1 Å². The number of benzene rings is 1. The maximum absolute atomic E-state index is 5.96. The molecule has 2 N–H and O–H groups in total. The summed E-state index contributed by atoms with van der Waals surface area (Å²) in [7, 11) is 0. The SMILES string of the molecule is Nc1ccc2c(c1)nc(C1CC1)n2C1CN2CCC1CC2. The smallest absolute Gasteiger partial charge is 0.113 e. The van der Waals surface area contributed by atoms with Crippen LogP contribution < -0.4 is 5.73 Å². The Morgan fingerprint density at radius 3 is 2.57 bits per heavy atom. The van der Waals surface area contributed by atoms with Gasteiger partial charge in [-0.25, -0.2) is 4.98 Å². The number of aromatic nitrogens is 2. The second-order valence-electron chi connectivity index (χ2n) is 7.07. The Kier molecular flexibility index (Phi) is 2.42. The van der Waals surface area contributed by atoms with E-state index in [0.29, 0.717) is 12.0 Å². The van der Waals surface area contributed by atoms with Crippen molar-refractivity contribution in [2.75, 3.05) is 25.4 Å². The Bertz CT molecular complexity index is 692. The third kappa shape index (κ3) is 1.81. The molecule has 4 aliphatic rings. The van der Waals surface area contributed by atoms with Gasteiger partial charge in [-0.1, -0.05) is 0 Å². The van der Waals surface area contributed by atoms with Gasteiger partial charge in [-0.05, 0) is 62.9 Å². The van der Waals surface area contributed by atoms with Crippen LogP contribution in [-0.2, 0) is 0 Å². The minimum atomic E-state index is 0.622. The highest BCUT2D eigenvalue weighted by molar-refractivity contribution is 5.80. The highest BCUT2D eigenvalue weighted by atomic mass is 15.2. The van der Waals surface area contributed by atoms with Crippen molar-refractivity contribution in [1.29, 1.82) is 0 Å². The van der Waals surface area contributed by atoms with E-state index in [-0.39, 0.29) is 0 Å². The summed E-state index contributed by atoms with van der Waals surface area (Å²) in [5.41, 5.74) is 9.17. The molecule has 21 heavy (non-hydrogen) atoms. The van der Waals surface area contributed by atoms with E-state index in [0.717, 1.165) is 17.1 Å². The number of anilines is 1. The molecule has 3 saturated heterocycles. The van der Waals surface area contributed by atoms with Crippen LogP contribution in [0.3, 0.4) is 0 Å². The van der Waals surface area contributed by atoms with E-state index in [1.807, 2.05) is 12.1 Å². The van der Waals surface area contributed by atoms with Gasteiger partial charge in [-0.2, -0.15) is 0 Å². The molecule has 2 bridgehead atoms. The van der Waals surface area contributed by atoms with Gasteiger partial charge in [0.15, 0.2) is 0 Å². The van der Waals surface area contributed by atoms with Crippen molar-refractivity contribution < 1.29 is 0 Å². The summed E-state index contributed by atoms with van der Waals surface area (Å²) in [5, 5.41) is 0. The maximum Gasteiger partial charge on any atom is 0.113 e. The lowest BCUT2D eigenvalue weighted by molar-refractivity contribution is 0.0575. The van der Waals surface area contributed by atoms with Crippen LogP contribution in [0.2, 0.25) is 0 Å². The van der Waals surface area contributed by atoms with Crippen LogP contribution in [0.4, 0.5) is 5.69 Å². The average molecular weight is 282 g/mol. The van der Waals surface area contributed by atoms with Gasteiger partial charge in [-0.3, -0.25) is 0 Å². The fraction of sp³-hybridized carbons (Fsp3) is 0.588. The van der Waals surface area contributed by atoms with E-state index in [2.05, 4.69) is 15.5 Å². The van der Waals surface area contributed by atoms with Gasteiger partial charge in [0.05, 0.1) is 17.1 Å². The number of imidazole rings is 1. The molecule has 1 aromatic heterocycles. The number of nitrogens with zero attached hydrogens (tertiary/aromatic N) is 3. The van der Waals surface area contributed by atoms with Gasteiger partial charge in [0.1, 0.15) is 5.82 Å². The monoisotopic (exact) mass is 282 g/mol. The summed E-state index contributed by atoms with van der Waals surface area (Å²) < 4.78 is 2.59. The zero-order valence-corrected chi connectivity index (χ0v) is 12.3. The van der Waals surface area contributed by atoms with Crippen molar-refractivity contribution in [2.45, 2.75) is 37.6 Å². The number of fused-ring (bicyclic) bond motifs is 4. The first-order chi connectivity index (χ1) is 10.3. The molecular formula is C17H22N4. The normalized spacial score (nSPS) is 31.9. The zero-order chi connectivity index (χ0) is 14.0. The van der Waals surface area contributed by atoms with E-state index in [9.17, 15) is 0 Å². The van der Waals surface area contributed by atoms with E-state index in [4.69, 9.17) is 10.7 Å². The first-order valence-electron chi connectivity index (χ1n) is 8.29. The fourth-order valence-electron chi connectivity index (χ4n) is 4.34. The molecule has 4 nitrogen and oxygen atoms in total. The van der Waals surface area contributed by atoms with Gasteiger partial charge >= 0.3 is 0 Å². The first kappa shape index (κ1) is 12.0. The highest BCUT2D eigenvalue weighted by Gasteiger charge is 2.39. The summed E-state index contributed by atoms with van der Waals surface area (Å²) >= 11 is 0. The number of rotatable bonds is 2. The van der Waals surface area contributed by atoms with Crippen molar-refractivity contribution in [3.63, 3.8) is 0 Å². The van der Waals surface area contributed by atoms with Crippen LogP contribution >= 0.6 is 0 Å². The number of hydrogen-bond acceptors (Lipinski definition) is 3. The predicted molar refractivity (Wildman–Crippen MR) is 84.3 cm³/mol. The zero-order valence-electron chi connectivity index (χ0n) is 12.3. The molecule has 4 heteroatoms. The van der Waals surface area contributed by atoms with Gasteiger partial charge in [-0.15, -0.1) is 0 Å². The minimum absolute atomic E-state index is 0.622. The molecular weight excluding hydrogens is 260 g/mol. The van der Waals surface area contributed by atoms with Crippen LogP contribution in [0.5, 0.6) is 0 Å². The van der Waals surface area contributed by atoms with Gasteiger partial charge in [0.25, 0.3) is 0 Å². The van der Waals surface area contributed by atoms with Gasteiger partial charge < -0.3 is 15.2 Å². The second kappa shape index (κ2) is 4.23. The number of nitrogens with two attached hydrogens (primary N) is 1. The predicted octanol–water partition coefficient (Wildman–Crippen LogP) is 2.76. The fourth-order valence-corrected chi connectivity index (χ4v) is 4.34. The molecule has 3 aliphatic heterocycles. The summed E-state index contributed by atoms with van der Waals surface area (Å²) in [4.78, 5) is 7.59. The van der Waals surface area contributed by atoms with Crippen LogP contribution in [0.1, 0.15) is 43.5 Å². The lowest BCUT2D eigenvalue weighted by atomic mass is 9.83. The average Bonchev–Trinajstić information content (AvgIpc) is 3.29. The Hall–Kier alpha value is -1.55. The molecule has 110 valence electrons. The molecule has 0 radical (unpaired) electrons. The summed E-state index contributed by atoms with van der Waals surface area (Å²) in [6, 6.07) is 6.87. The Morgan fingerprint density at radius 2 is 1.90 bits per heavy atom.